The Morgan fingerprint density at radius 1 is 1.08 bits per heavy atom. The third-order valence-corrected chi connectivity index (χ3v) is 5.26. The van der Waals surface area contributed by atoms with E-state index in [2.05, 4.69) is 18.2 Å². The first kappa shape index (κ1) is 17.0. The molecule has 2 aromatic rings. The molecule has 0 radical (unpaired) electrons. The number of ether oxygens (including phenoxy) is 2. The lowest BCUT2D eigenvalue weighted by Crippen LogP contribution is -2.32. The summed E-state index contributed by atoms with van der Waals surface area (Å²) in [5, 5.41) is 0. The quantitative estimate of drug-likeness (QED) is 0.827. The smallest absolute Gasteiger partial charge is 0.227 e. The lowest BCUT2D eigenvalue weighted by Gasteiger charge is -2.25. The minimum Gasteiger partial charge on any atom is -0.486 e. The number of carbonyl (C=O) groups is 1. The van der Waals surface area contributed by atoms with Gasteiger partial charge >= 0.3 is 0 Å². The van der Waals surface area contributed by atoms with Gasteiger partial charge in [-0.05, 0) is 48.9 Å². The molecule has 2 aromatic carbocycles. The Labute approximate surface area is 154 Å². The van der Waals surface area contributed by atoms with Gasteiger partial charge in [0.25, 0.3) is 0 Å². The number of rotatable bonds is 5. The number of para-hydroxylation sites is 1. The largest absolute Gasteiger partial charge is 0.486 e. The first-order valence-corrected chi connectivity index (χ1v) is 9.50. The van der Waals surface area contributed by atoms with Crippen molar-refractivity contribution in [1.29, 1.82) is 0 Å². The van der Waals surface area contributed by atoms with Crippen molar-refractivity contribution in [3.8, 4) is 11.5 Å². The molecule has 0 saturated heterocycles. The molecule has 0 unspecified atom stereocenters. The number of carbonyl (C=O) groups excluding carboxylic acids is 1. The first-order valence-electron chi connectivity index (χ1n) is 9.50. The molecule has 0 atom stereocenters. The number of hydrogen-bond acceptors (Lipinski definition) is 3. The fraction of sp³-hybridized carbons (Fsp3) is 0.409. The van der Waals surface area contributed by atoms with E-state index < -0.39 is 0 Å². The van der Waals surface area contributed by atoms with Crippen LogP contribution < -0.4 is 9.47 Å². The van der Waals surface area contributed by atoms with Gasteiger partial charge < -0.3 is 14.4 Å². The Kier molecular flexibility index (Phi) is 4.83. The summed E-state index contributed by atoms with van der Waals surface area (Å²) in [6.07, 6.45) is 4.00. The van der Waals surface area contributed by atoms with Gasteiger partial charge in [-0.15, -0.1) is 0 Å². The highest BCUT2D eigenvalue weighted by molar-refractivity contribution is 5.79. The molecular weight excluding hydrogens is 326 g/mol. The van der Waals surface area contributed by atoms with E-state index in [0.29, 0.717) is 32.7 Å². The average Bonchev–Trinajstić information content (AvgIpc) is 3.14. The number of benzene rings is 2. The fourth-order valence-corrected chi connectivity index (χ4v) is 3.86. The predicted molar refractivity (Wildman–Crippen MR) is 101 cm³/mol. The van der Waals surface area contributed by atoms with Crippen molar-refractivity contribution < 1.29 is 14.3 Å². The lowest BCUT2D eigenvalue weighted by molar-refractivity contribution is -0.130. The molecule has 0 saturated carbocycles. The van der Waals surface area contributed by atoms with Gasteiger partial charge in [0.05, 0.1) is 6.42 Å². The summed E-state index contributed by atoms with van der Waals surface area (Å²) in [6.45, 7) is 4.37. The Bertz CT molecular complexity index is 815. The van der Waals surface area contributed by atoms with Crippen molar-refractivity contribution in [2.75, 3.05) is 19.8 Å². The standard InChI is InChI=1S/C22H25NO3/c1-2-23(15-19-7-4-8-20-22(19)26-12-11-25-20)21(24)14-16-9-10-17-5-3-6-18(17)13-16/h4,7-10,13H,2-3,5-6,11-12,14-15H2,1H3. The molecule has 0 bridgehead atoms. The fourth-order valence-electron chi connectivity index (χ4n) is 3.86. The zero-order chi connectivity index (χ0) is 17.9. The van der Waals surface area contributed by atoms with E-state index in [1.165, 1.54) is 24.0 Å². The van der Waals surface area contributed by atoms with Crippen LogP contribution in [0.5, 0.6) is 11.5 Å². The monoisotopic (exact) mass is 351 g/mol. The first-order chi connectivity index (χ1) is 12.7. The van der Waals surface area contributed by atoms with E-state index in [0.717, 1.165) is 29.0 Å². The lowest BCUT2D eigenvalue weighted by atomic mass is 10.0. The Morgan fingerprint density at radius 3 is 2.81 bits per heavy atom. The van der Waals surface area contributed by atoms with Crippen molar-refractivity contribution in [2.45, 2.75) is 39.2 Å². The summed E-state index contributed by atoms with van der Waals surface area (Å²) in [5.74, 6) is 1.71. The molecule has 4 heteroatoms. The van der Waals surface area contributed by atoms with E-state index in [1.807, 2.05) is 30.0 Å². The van der Waals surface area contributed by atoms with Crippen LogP contribution in [0.3, 0.4) is 0 Å². The predicted octanol–water partition coefficient (Wildman–Crippen LogP) is 3.54. The van der Waals surface area contributed by atoms with E-state index in [9.17, 15) is 4.79 Å². The highest BCUT2D eigenvalue weighted by Crippen LogP contribution is 2.34. The molecule has 0 fully saturated rings. The van der Waals surface area contributed by atoms with Crippen LogP contribution in [-0.2, 0) is 30.6 Å². The maximum atomic E-state index is 12.9. The van der Waals surface area contributed by atoms with E-state index in [4.69, 9.17) is 9.47 Å². The SMILES string of the molecule is CCN(Cc1cccc2c1OCCO2)C(=O)Cc1ccc2c(c1)CCC2. The molecule has 26 heavy (non-hydrogen) atoms. The van der Waals surface area contributed by atoms with Crippen molar-refractivity contribution in [3.63, 3.8) is 0 Å². The number of hydrogen-bond donors (Lipinski definition) is 0. The Hall–Kier alpha value is -2.49. The van der Waals surface area contributed by atoms with Crippen molar-refractivity contribution >= 4 is 5.91 Å². The zero-order valence-electron chi connectivity index (χ0n) is 15.3. The van der Waals surface area contributed by atoms with Gasteiger partial charge in [-0.2, -0.15) is 0 Å². The van der Waals surface area contributed by atoms with Gasteiger partial charge in [0, 0.05) is 18.7 Å². The van der Waals surface area contributed by atoms with Crippen LogP contribution in [0.25, 0.3) is 0 Å². The Morgan fingerprint density at radius 2 is 1.92 bits per heavy atom. The molecule has 4 nitrogen and oxygen atoms in total. The summed E-state index contributed by atoms with van der Waals surface area (Å²) >= 11 is 0. The van der Waals surface area contributed by atoms with Crippen LogP contribution in [0.4, 0.5) is 0 Å². The highest BCUT2D eigenvalue weighted by Gasteiger charge is 2.20. The molecule has 1 amide bonds. The van der Waals surface area contributed by atoms with Crippen LogP contribution in [-0.4, -0.2) is 30.6 Å². The third-order valence-electron chi connectivity index (χ3n) is 5.26. The second-order valence-electron chi connectivity index (χ2n) is 6.98. The number of amides is 1. The van der Waals surface area contributed by atoms with Gasteiger partial charge in [0.1, 0.15) is 13.2 Å². The molecule has 136 valence electrons. The summed E-state index contributed by atoms with van der Waals surface area (Å²) < 4.78 is 11.4. The van der Waals surface area contributed by atoms with Crippen LogP contribution in [0.2, 0.25) is 0 Å². The summed E-state index contributed by atoms with van der Waals surface area (Å²) in [6, 6.07) is 12.4. The topological polar surface area (TPSA) is 38.8 Å². The number of nitrogens with zero attached hydrogens (tertiary/aromatic N) is 1. The maximum absolute atomic E-state index is 12.9. The Balaban J connectivity index is 1.48. The van der Waals surface area contributed by atoms with Crippen LogP contribution in [0, 0.1) is 0 Å². The van der Waals surface area contributed by atoms with Crippen LogP contribution >= 0.6 is 0 Å². The van der Waals surface area contributed by atoms with Crippen molar-refractivity contribution in [1.82, 2.24) is 4.90 Å². The van der Waals surface area contributed by atoms with Gasteiger partial charge in [0.2, 0.25) is 5.91 Å². The zero-order valence-corrected chi connectivity index (χ0v) is 15.3. The van der Waals surface area contributed by atoms with Gasteiger partial charge in [-0.25, -0.2) is 0 Å². The van der Waals surface area contributed by atoms with E-state index in [1.54, 1.807) is 0 Å². The molecule has 0 spiro atoms. The van der Waals surface area contributed by atoms with Crippen molar-refractivity contribution in [2.24, 2.45) is 0 Å². The number of likely N-dealkylation sites (N-methyl/N-ethyl adjacent to an activating group) is 1. The summed E-state index contributed by atoms with van der Waals surface area (Å²) in [4.78, 5) is 14.8. The number of fused-ring (bicyclic) bond motifs is 2. The second-order valence-corrected chi connectivity index (χ2v) is 6.98. The minimum absolute atomic E-state index is 0.153. The van der Waals surface area contributed by atoms with Crippen LogP contribution in [0.15, 0.2) is 36.4 Å². The average molecular weight is 351 g/mol. The van der Waals surface area contributed by atoms with Gasteiger partial charge in [-0.3, -0.25) is 4.79 Å². The molecule has 0 N–H and O–H groups in total. The van der Waals surface area contributed by atoms with Crippen LogP contribution in [0.1, 0.15) is 35.6 Å². The summed E-state index contributed by atoms with van der Waals surface area (Å²) in [7, 11) is 0. The molecule has 1 aliphatic carbocycles. The molecular formula is C22H25NO3. The van der Waals surface area contributed by atoms with Gasteiger partial charge in [-0.1, -0.05) is 30.3 Å². The van der Waals surface area contributed by atoms with Gasteiger partial charge in [0.15, 0.2) is 11.5 Å². The molecule has 2 aliphatic rings. The molecule has 1 heterocycles. The highest BCUT2D eigenvalue weighted by atomic mass is 16.6. The minimum atomic E-state index is 0.153. The van der Waals surface area contributed by atoms with Crippen molar-refractivity contribution in [3.05, 3.63) is 58.7 Å². The maximum Gasteiger partial charge on any atom is 0.227 e. The third kappa shape index (κ3) is 3.41. The molecule has 1 aliphatic heterocycles. The summed E-state index contributed by atoms with van der Waals surface area (Å²) in [5.41, 5.74) is 4.98. The number of aryl methyl sites for hydroxylation is 2. The van der Waals surface area contributed by atoms with E-state index in [-0.39, 0.29) is 5.91 Å². The second kappa shape index (κ2) is 7.40. The normalized spacial score (nSPS) is 14.8. The molecule has 0 aromatic heterocycles. The van der Waals surface area contributed by atoms with E-state index >= 15 is 0 Å². The molecule has 4 rings (SSSR count).